The molecule has 0 spiro atoms. The third-order valence-corrected chi connectivity index (χ3v) is 5.61. The van der Waals surface area contributed by atoms with Crippen LogP contribution in [-0.2, 0) is 9.84 Å². The van der Waals surface area contributed by atoms with E-state index in [1.54, 1.807) is 18.3 Å². The Kier molecular flexibility index (Phi) is 3.09. The number of pyridine rings is 1. The molecule has 2 unspecified atom stereocenters. The Balaban J connectivity index is 2.15. The van der Waals surface area contributed by atoms with E-state index in [1.165, 1.54) is 11.8 Å². The summed E-state index contributed by atoms with van der Waals surface area (Å²) >= 11 is 1.22. The minimum absolute atomic E-state index is 0.0190. The van der Waals surface area contributed by atoms with Crippen molar-refractivity contribution in [3.63, 3.8) is 0 Å². The zero-order chi connectivity index (χ0) is 11.8. The van der Waals surface area contributed by atoms with E-state index in [1.807, 2.05) is 0 Å². The SMILES string of the molecule is Nc1cccnc1SC1CS(=O)(=O)CC1O. The van der Waals surface area contributed by atoms with Gasteiger partial charge in [-0.3, -0.25) is 0 Å². The Labute approximate surface area is 98.0 Å². The number of aliphatic hydroxyl groups is 1. The number of nitrogen functional groups attached to an aromatic ring is 1. The molecule has 5 nitrogen and oxygen atoms in total. The maximum absolute atomic E-state index is 11.3. The molecular formula is C9H12N2O3S2. The lowest BCUT2D eigenvalue weighted by molar-refractivity contribution is 0.207. The van der Waals surface area contributed by atoms with Gasteiger partial charge in [0.05, 0.1) is 28.5 Å². The molecule has 2 rings (SSSR count). The van der Waals surface area contributed by atoms with Crippen LogP contribution in [0.15, 0.2) is 23.4 Å². The molecule has 1 saturated heterocycles. The summed E-state index contributed by atoms with van der Waals surface area (Å²) in [4.78, 5) is 4.06. The summed E-state index contributed by atoms with van der Waals surface area (Å²) in [5.41, 5.74) is 6.20. The van der Waals surface area contributed by atoms with Crippen LogP contribution in [0.4, 0.5) is 5.69 Å². The van der Waals surface area contributed by atoms with E-state index in [9.17, 15) is 13.5 Å². The number of sulfone groups is 1. The number of nitrogens with two attached hydrogens (primary N) is 1. The van der Waals surface area contributed by atoms with Gasteiger partial charge < -0.3 is 10.8 Å². The molecule has 2 atom stereocenters. The van der Waals surface area contributed by atoms with Crippen molar-refractivity contribution in [2.45, 2.75) is 16.4 Å². The van der Waals surface area contributed by atoms with Crippen molar-refractivity contribution < 1.29 is 13.5 Å². The molecule has 7 heteroatoms. The number of anilines is 1. The minimum atomic E-state index is -3.12. The third-order valence-electron chi connectivity index (χ3n) is 2.34. The molecule has 1 aliphatic rings. The molecule has 88 valence electrons. The largest absolute Gasteiger partial charge is 0.397 e. The highest BCUT2D eigenvalue weighted by atomic mass is 32.2. The predicted octanol–water partition coefficient (Wildman–Crippen LogP) is -0.0862. The van der Waals surface area contributed by atoms with Gasteiger partial charge in [0.15, 0.2) is 9.84 Å². The van der Waals surface area contributed by atoms with Crippen LogP contribution in [-0.4, -0.2) is 41.4 Å². The highest BCUT2D eigenvalue weighted by molar-refractivity contribution is 8.02. The maximum Gasteiger partial charge on any atom is 0.154 e. The zero-order valence-electron chi connectivity index (χ0n) is 8.41. The smallest absolute Gasteiger partial charge is 0.154 e. The fraction of sp³-hybridized carbons (Fsp3) is 0.444. The molecule has 0 amide bonds. The normalized spacial score (nSPS) is 28.1. The van der Waals surface area contributed by atoms with Crippen molar-refractivity contribution >= 4 is 27.3 Å². The molecule has 1 aromatic rings. The molecule has 2 heterocycles. The highest BCUT2D eigenvalue weighted by Gasteiger charge is 2.37. The van der Waals surface area contributed by atoms with E-state index in [0.29, 0.717) is 10.7 Å². The van der Waals surface area contributed by atoms with Crippen molar-refractivity contribution in [2.75, 3.05) is 17.2 Å². The lowest BCUT2D eigenvalue weighted by Crippen LogP contribution is -2.20. The van der Waals surface area contributed by atoms with Gasteiger partial charge in [0.2, 0.25) is 0 Å². The van der Waals surface area contributed by atoms with Crippen molar-refractivity contribution in [3.8, 4) is 0 Å². The Bertz CT molecular complexity index is 489. The van der Waals surface area contributed by atoms with Crippen LogP contribution in [0.3, 0.4) is 0 Å². The van der Waals surface area contributed by atoms with Crippen LogP contribution in [0, 0.1) is 0 Å². The molecule has 0 radical (unpaired) electrons. The number of thioether (sulfide) groups is 1. The fourth-order valence-electron chi connectivity index (χ4n) is 1.55. The monoisotopic (exact) mass is 260 g/mol. The van der Waals surface area contributed by atoms with E-state index in [-0.39, 0.29) is 16.8 Å². The fourth-order valence-corrected chi connectivity index (χ4v) is 5.05. The van der Waals surface area contributed by atoms with Crippen molar-refractivity contribution in [1.29, 1.82) is 0 Å². The van der Waals surface area contributed by atoms with E-state index in [4.69, 9.17) is 5.73 Å². The first-order chi connectivity index (χ1) is 7.48. The van der Waals surface area contributed by atoms with Crippen LogP contribution in [0.1, 0.15) is 0 Å². The van der Waals surface area contributed by atoms with Gasteiger partial charge in [-0.05, 0) is 12.1 Å². The van der Waals surface area contributed by atoms with E-state index in [0.717, 1.165) is 0 Å². The lowest BCUT2D eigenvalue weighted by Gasteiger charge is -2.12. The average Bonchev–Trinajstić information content (AvgIpc) is 2.44. The maximum atomic E-state index is 11.3. The van der Waals surface area contributed by atoms with Gasteiger partial charge in [-0.15, -0.1) is 0 Å². The first-order valence-electron chi connectivity index (χ1n) is 4.73. The summed E-state index contributed by atoms with van der Waals surface area (Å²) in [6.45, 7) is 0. The highest BCUT2D eigenvalue weighted by Crippen LogP contribution is 2.32. The molecule has 0 aliphatic carbocycles. The summed E-state index contributed by atoms with van der Waals surface area (Å²) in [7, 11) is -3.12. The second kappa shape index (κ2) is 4.23. The topological polar surface area (TPSA) is 93.3 Å². The van der Waals surface area contributed by atoms with Crippen LogP contribution in [0.25, 0.3) is 0 Å². The van der Waals surface area contributed by atoms with Gasteiger partial charge in [-0.25, -0.2) is 13.4 Å². The van der Waals surface area contributed by atoms with Crippen LogP contribution < -0.4 is 5.73 Å². The number of hydrogen-bond acceptors (Lipinski definition) is 6. The standard InChI is InChI=1S/C9H12N2O3S2/c10-6-2-1-3-11-9(6)15-8-5-16(13,14)4-7(8)12/h1-3,7-8,12H,4-5,10H2. The molecular weight excluding hydrogens is 248 g/mol. The number of aromatic nitrogens is 1. The summed E-state index contributed by atoms with van der Waals surface area (Å²) in [5, 5.41) is 9.81. The van der Waals surface area contributed by atoms with Crippen LogP contribution >= 0.6 is 11.8 Å². The summed E-state index contributed by atoms with van der Waals surface area (Å²) in [6, 6.07) is 3.41. The predicted molar refractivity (Wildman–Crippen MR) is 63.0 cm³/mol. The number of rotatable bonds is 2. The Morgan fingerprint density at radius 1 is 1.50 bits per heavy atom. The summed E-state index contributed by atoms with van der Waals surface area (Å²) in [5.74, 6) is -0.188. The summed E-state index contributed by atoms with van der Waals surface area (Å²) < 4.78 is 22.6. The first kappa shape index (κ1) is 11.7. The number of nitrogens with zero attached hydrogens (tertiary/aromatic N) is 1. The molecule has 0 saturated carbocycles. The van der Waals surface area contributed by atoms with Crippen LogP contribution in [0.5, 0.6) is 0 Å². The number of aliphatic hydroxyl groups excluding tert-OH is 1. The lowest BCUT2D eigenvalue weighted by atomic mass is 10.3. The van der Waals surface area contributed by atoms with Gasteiger partial charge in [0.1, 0.15) is 5.03 Å². The van der Waals surface area contributed by atoms with Gasteiger partial charge in [0, 0.05) is 6.20 Å². The van der Waals surface area contributed by atoms with Crippen molar-refractivity contribution in [3.05, 3.63) is 18.3 Å². The average molecular weight is 260 g/mol. The van der Waals surface area contributed by atoms with Crippen molar-refractivity contribution in [2.24, 2.45) is 0 Å². The molecule has 16 heavy (non-hydrogen) atoms. The zero-order valence-corrected chi connectivity index (χ0v) is 10.0. The van der Waals surface area contributed by atoms with E-state index < -0.39 is 15.9 Å². The molecule has 1 aliphatic heterocycles. The molecule has 3 N–H and O–H groups in total. The number of hydrogen-bond donors (Lipinski definition) is 2. The first-order valence-corrected chi connectivity index (χ1v) is 7.44. The molecule has 0 bridgehead atoms. The summed E-state index contributed by atoms with van der Waals surface area (Å²) in [6.07, 6.45) is 0.755. The molecule has 1 fully saturated rings. The van der Waals surface area contributed by atoms with Gasteiger partial charge in [0.25, 0.3) is 0 Å². The van der Waals surface area contributed by atoms with E-state index in [2.05, 4.69) is 4.98 Å². The van der Waals surface area contributed by atoms with Gasteiger partial charge in [-0.1, -0.05) is 11.8 Å². The second-order valence-corrected chi connectivity index (χ2v) is 7.08. The Hall–Kier alpha value is -0.790. The van der Waals surface area contributed by atoms with E-state index >= 15 is 0 Å². The van der Waals surface area contributed by atoms with Crippen LogP contribution in [0.2, 0.25) is 0 Å². The molecule has 1 aromatic heterocycles. The Morgan fingerprint density at radius 3 is 2.81 bits per heavy atom. The third kappa shape index (κ3) is 2.47. The molecule has 0 aromatic carbocycles. The van der Waals surface area contributed by atoms with Gasteiger partial charge in [-0.2, -0.15) is 0 Å². The quantitative estimate of drug-likeness (QED) is 0.772. The minimum Gasteiger partial charge on any atom is -0.397 e. The Morgan fingerprint density at radius 2 is 2.25 bits per heavy atom. The van der Waals surface area contributed by atoms with Crippen molar-refractivity contribution in [1.82, 2.24) is 4.98 Å². The van der Waals surface area contributed by atoms with Gasteiger partial charge >= 0.3 is 0 Å². The second-order valence-electron chi connectivity index (χ2n) is 3.70.